The number of pyridine rings is 1. The lowest BCUT2D eigenvalue weighted by Gasteiger charge is -2.10. The molecule has 0 saturated carbocycles. The number of fused-ring (bicyclic) bond motifs is 1. The summed E-state index contributed by atoms with van der Waals surface area (Å²) >= 11 is 0. The van der Waals surface area contributed by atoms with Crippen molar-refractivity contribution in [1.29, 1.82) is 0 Å². The molecule has 0 amide bonds. The van der Waals surface area contributed by atoms with Gasteiger partial charge < -0.3 is 15.6 Å². The number of aromatic nitrogens is 3. The van der Waals surface area contributed by atoms with Crippen molar-refractivity contribution in [2.45, 2.75) is 39.7 Å². The fraction of sp³-hybridized carbons (Fsp3) is 0.368. The summed E-state index contributed by atoms with van der Waals surface area (Å²) in [6.45, 7) is 5.86. The number of unbranched alkanes of at least 4 members (excludes halogenated alkanes) is 1. The predicted molar refractivity (Wildman–Crippen MR) is 100 cm³/mol. The minimum absolute atomic E-state index is 0.494. The Morgan fingerprint density at radius 3 is 2.62 bits per heavy atom. The Kier molecular flexibility index (Phi) is 4.99. The lowest BCUT2D eigenvalue weighted by atomic mass is 10.2. The highest BCUT2D eigenvalue weighted by atomic mass is 15.1. The summed E-state index contributed by atoms with van der Waals surface area (Å²) in [6, 6.07) is 12.5. The number of nitrogens with two attached hydrogens (primary N) is 1. The summed E-state index contributed by atoms with van der Waals surface area (Å²) in [5.74, 6) is 2.38. The highest BCUT2D eigenvalue weighted by Crippen LogP contribution is 2.25. The molecule has 3 rings (SSSR count). The second-order valence-corrected chi connectivity index (χ2v) is 5.99. The van der Waals surface area contributed by atoms with Crippen LogP contribution in [-0.4, -0.2) is 21.1 Å². The SMILES string of the molecule is CCCCc1nc2c(N)nc(NCC)cc2n1Cc1ccccc1. The van der Waals surface area contributed by atoms with Crippen LogP contribution in [0.3, 0.4) is 0 Å². The zero-order valence-electron chi connectivity index (χ0n) is 14.4. The number of aryl methyl sites for hydroxylation is 1. The molecule has 0 fully saturated rings. The molecular weight excluding hydrogens is 298 g/mol. The molecule has 0 aliphatic rings. The van der Waals surface area contributed by atoms with Gasteiger partial charge in [0.15, 0.2) is 5.82 Å². The Morgan fingerprint density at radius 1 is 1.12 bits per heavy atom. The maximum Gasteiger partial charge on any atom is 0.154 e. The number of rotatable bonds is 7. The number of nitrogen functional groups attached to an aromatic ring is 1. The van der Waals surface area contributed by atoms with Crippen molar-refractivity contribution in [3.63, 3.8) is 0 Å². The lowest BCUT2D eigenvalue weighted by molar-refractivity contribution is 0.690. The van der Waals surface area contributed by atoms with E-state index >= 15 is 0 Å². The van der Waals surface area contributed by atoms with Gasteiger partial charge in [0.2, 0.25) is 0 Å². The minimum Gasteiger partial charge on any atom is -0.382 e. The molecule has 0 unspecified atom stereocenters. The van der Waals surface area contributed by atoms with Crippen molar-refractivity contribution in [1.82, 2.24) is 14.5 Å². The van der Waals surface area contributed by atoms with Gasteiger partial charge in [0, 0.05) is 25.6 Å². The van der Waals surface area contributed by atoms with E-state index in [1.165, 1.54) is 5.56 Å². The zero-order chi connectivity index (χ0) is 16.9. The first kappa shape index (κ1) is 16.3. The maximum absolute atomic E-state index is 6.16. The molecule has 0 radical (unpaired) electrons. The molecular formula is C19H25N5. The van der Waals surface area contributed by atoms with E-state index in [0.29, 0.717) is 5.82 Å². The monoisotopic (exact) mass is 323 g/mol. The van der Waals surface area contributed by atoms with Crippen molar-refractivity contribution in [2.75, 3.05) is 17.6 Å². The van der Waals surface area contributed by atoms with Gasteiger partial charge in [0.05, 0.1) is 5.52 Å². The number of hydrogen-bond acceptors (Lipinski definition) is 4. The number of nitrogens with zero attached hydrogens (tertiary/aromatic N) is 3. The zero-order valence-corrected chi connectivity index (χ0v) is 14.4. The number of hydrogen-bond donors (Lipinski definition) is 2. The van der Waals surface area contributed by atoms with E-state index in [1.54, 1.807) is 0 Å². The van der Waals surface area contributed by atoms with Gasteiger partial charge in [-0.3, -0.25) is 0 Å². The summed E-state index contributed by atoms with van der Waals surface area (Å²) in [6.07, 6.45) is 3.21. The van der Waals surface area contributed by atoms with Crippen molar-refractivity contribution in [2.24, 2.45) is 0 Å². The smallest absolute Gasteiger partial charge is 0.154 e. The average Bonchev–Trinajstić information content (AvgIpc) is 2.93. The second kappa shape index (κ2) is 7.34. The van der Waals surface area contributed by atoms with E-state index in [1.807, 2.05) is 6.07 Å². The average molecular weight is 323 g/mol. The maximum atomic E-state index is 6.16. The highest BCUT2D eigenvalue weighted by Gasteiger charge is 2.15. The van der Waals surface area contributed by atoms with Crippen LogP contribution in [0.2, 0.25) is 0 Å². The van der Waals surface area contributed by atoms with Crippen LogP contribution in [0.1, 0.15) is 38.1 Å². The largest absolute Gasteiger partial charge is 0.382 e. The molecule has 0 spiro atoms. The van der Waals surface area contributed by atoms with Gasteiger partial charge in [-0.15, -0.1) is 0 Å². The first-order valence-electron chi connectivity index (χ1n) is 8.66. The van der Waals surface area contributed by atoms with Crippen LogP contribution in [0.4, 0.5) is 11.6 Å². The summed E-state index contributed by atoms with van der Waals surface area (Å²) in [5.41, 5.74) is 9.28. The molecule has 126 valence electrons. The van der Waals surface area contributed by atoms with Gasteiger partial charge in [0.1, 0.15) is 17.2 Å². The van der Waals surface area contributed by atoms with Crippen molar-refractivity contribution >= 4 is 22.7 Å². The first-order valence-corrected chi connectivity index (χ1v) is 8.66. The number of nitrogens with one attached hydrogen (secondary N) is 1. The van der Waals surface area contributed by atoms with Crippen LogP contribution >= 0.6 is 0 Å². The fourth-order valence-corrected chi connectivity index (χ4v) is 2.93. The molecule has 2 heterocycles. The molecule has 3 N–H and O–H groups in total. The predicted octanol–water partition coefficient (Wildman–Crippen LogP) is 3.84. The van der Waals surface area contributed by atoms with Crippen molar-refractivity contribution in [3.05, 3.63) is 47.8 Å². The standard InChI is InChI=1S/C19H25N5/c1-3-5-11-17-23-18-15(12-16(21-4-2)22-19(18)20)24(17)13-14-9-7-6-8-10-14/h6-10,12H,3-5,11,13H2,1-2H3,(H3,20,21,22). The van der Waals surface area contributed by atoms with Gasteiger partial charge >= 0.3 is 0 Å². The van der Waals surface area contributed by atoms with Gasteiger partial charge in [-0.25, -0.2) is 9.97 Å². The van der Waals surface area contributed by atoms with E-state index in [0.717, 1.165) is 55.0 Å². The molecule has 5 nitrogen and oxygen atoms in total. The van der Waals surface area contributed by atoms with E-state index in [4.69, 9.17) is 10.7 Å². The molecule has 1 aromatic carbocycles. The molecule has 2 aromatic heterocycles. The molecule has 0 aliphatic carbocycles. The van der Waals surface area contributed by atoms with Gasteiger partial charge in [0.25, 0.3) is 0 Å². The summed E-state index contributed by atoms with van der Waals surface area (Å²) in [4.78, 5) is 9.22. The highest BCUT2D eigenvalue weighted by molar-refractivity contribution is 5.88. The van der Waals surface area contributed by atoms with Crippen LogP contribution in [0.5, 0.6) is 0 Å². The Bertz CT molecular complexity index is 807. The molecule has 0 bridgehead atoms. The van der Waals surface area contributed by atoms with Crippen molar-refractivity contribution < 1.29 is 0 Å². The van der Waals surface area contributed by atoms with Crippen LogP contribution in [0.15, 0.2) is 36.4 Å². The third kappa shape index (κ3) is 3.35. The summed E-state index contributed by atoms with van der Waals surface area (Å²) in [5, 5.41) is 3.25. The number of anilines is 2. The topological polar surface area (TPSA) is 68.8 Å². The van der Waals surface area contributed by atoms with Crippen LogP contribution < -0.4 is 11.1 Å². The summed E-state index contributed by atoms with van der Waals surface area (Å²) < 4.78 is 2.28. The van der Waals surface area contributed by atoms with Gasteiger partial charge in [-0.2, -0.15) is 0 Å². The molecule has 3 aromatic rings. The molecule has 0 aliphatic heterocycles. The van der Waals surface area contributed by atoms with E-state index in [9.17, 15) is 0 Å². The Labute approximate surface area is 142 Å². The number of imidazole rings is 1. The van der Waals surface area contributed by atoms with Crippen LogP contribution in [-0.2, 0) is 13.0 Å². The second-order valence-electron chi connectivity index (χ2n) is 5.99. The number of benzene rings is 1. The van der Waals surface area contributed by atoms with Gasteiger partial charge in [-0.05, 0) is 18.9 Å². The summed E-state index contributed by atoms with van der Waals surface area (Å²) in [7, 11) is 0. The lowest BCUT2D eigenvalue weighted by Crippen LogP contribution is -2.06. The van der Waals surface area contributed by atoms with Gasteiger partial charge in [-0.1, -0.05) is 43.7 Å². The fourth-order valence-electron chi connectivity index (χ4n) is 2.93. The first-order chi connectivity index (χ1) is 11.7. The quantitative estimate of drug-likeness (QED) is 0.693. The van der Waals surface area contributed by atoms with Crippen LogP contribution in [0, 0.1) is 0 Å². The van der Waals surface area contributed by atoms with E-state index in [2.05, 4.69) is 59.0 Å². The minimum atomic E-state index is 0.494. The van der Waals surface area contributed by atoms with Crippen LogP contribution in [0.25, 0.3) is 11.0 Å². The third-order valence-electron chi connectivity index (χ3n) is 4.14. The molecule has 0 saturated heterocycles. The third-order valence-corrected chi connectivity index (χ3v) is 4.14. The molecule has 0 atom stereocenters. The normalized spacial score (nSPS) is 11.1. The molecule has 24 heavy (non-hydrogen) atoms. The van der Waals surface area contributed by atoms with Crippen molar-refractivity contribution in [3.8, 4) is 0 Å². The Balaban J connectivity index is 2.10. The van der Waals surface area contributed by atoms with E-state index < -0.39 is 0 Å². The Morgan fingerprint density at radius 2 is 1.92 bits per heavy atom. The Hall–Kier alpha value is -2.56. The van der Waals surface area contributed by atoms with E-state index in [-0.39, 0.29) is 0 Å². The molecule has 5 heteroatoms.